The van der Waals surface area contributed by atoms with Crippen molar-refractivity contribution >= 4 is 43.5 Å². The molecule has 2 aliphatic rings. The zero-order valence-electron chi connectivity index (χ0n) is 15.7. The average molecular weight is 499 g/mol. The maximum atomic E-state index is 13.4. The van der Waals surface area contributed by atoms with Crippen LogP contribution in [0.2, 0.25) is 0 Å². The number of pyridine rings is 1. The monoisotopic (exact) mass is 498 g/mol. The summed E-state index contributed by atoms with van der Waals surface area (Å²) in [6, 6.07) is 4.85. The van der Waals surface area contributed by atoms with E-state index in [0.29, 0.717) is 11.2 Å². The summed E-state index contributed by atoms with van der Waals surface area (Å²) in [7, 11) is -1.57. The topological polar surface area (TPSA) is 80.3 Å². The van der Waals surface area contributed by atoms with Gasteiger partial charge < -0.3 is 19.4 Å². The molecule has 0 aliphatic carbocycles. The lowest BCUT2D eigenvalue weighted by molar-refractivity contribution is -0.286. The van der Waals surface area contributed by atoms with Gasteiger partial charge in [-0.25, -0.2) is 4.98 Å². The number of imidazole rings is 1. The van der Waals surface area contributed by atoms with E-state index < -0.39 is 17.1 Å². The van der Waals surface area contributed by atoms with Gasteiger partial charge >= 0.3 is 6.29 Å². The van der Waals surface area contributed by atoms with Gasteiger partial charge in [0.05, 0.1) is 37.9 Å². The number of ether oxygens (including phenoxy) is 2. The Morgan fingerprint density at radius 2 is 2.00 bits per heavy atom. The average Bonchev–Trinajstić information content (AvgIpc) is 3.29. The van der Waals surface area contributed by atoms with Gasteiger partial charge in [0.15, 0.2) is 10.9 Å². The molecule has 1 atom stereocenters. The highest BCUT2D eigenvalue weighted by Gasteiger charge is 2.45. The third-order valence-electron chi connectivity index (χ3n) is 5.12. The number of anilines is 1. The van der Waals surface area contributed by atoms with Gasteiger partial charge in [0.1, 0.15) is 5.52 Å². The lowest BCUT2D eigenvalue weighted by Crippen LogP contribution is -2.29. The predicted octanol–water partition coefficient (Wildman–Crippen LogP) is 4.34. The zero-order chi connectivity index (χ0) is 20.9. The molecule has 1 aromatic carbocycles. The van der Waals surface area contributed by atoms with Crippen LogP contribution in [0.5, 0.6) is 11.5 Å². The van der Waals surface area contributed by atoms with Gasteiger partial charge in [-0.2, -0.15) is 0 Å². The summed E-state index contributed by atoms with van der Waals surface area (Å²) in [5, 5.41) is 0.161. The number of hydrogen-bond donors (Lipinski definition) is 1. The lowest BCUT2D eigenvalue weighted by atomic mass is 10.1. The van der Waals surface area contributed by atoms with Crippen molar-refractivity contribution < 1.29 is 22.5 Å². The molecule has 0 amide bonds. The lowest BCUT2D eigenvalue weighted by Gasteiger charge is -2.30. The fourth-order valence-electron chi connectivity index (χ4n) is 3.71. The Morgan fingerprint density at radius 3 is 2.80 bits per heavy atom. The zero-order valence-corrected chi connectivity index (χ0v) is 18.1. The number of nitrogens with zero attached hydrogens (tertiary/aromatic N) is 3. The molecule has 0 bridgehead atoms. The number of benzene rings is 1. The summed E-state index contributed by atoms with van der Waals surface area (Å²) in [5.41, 5.74) is 2.27. The van der Waals surface area contributed by atoms with Crippen molar-refractivity contribution in [3.63, 3.8) is 0 Å². The number of piperidine rings is 1. The van der Waals surface area contributed by atoms with Crippen LogP contribution in [0.15, 0.2) is 34.0 Å². The quantitative estimate of drug-likeness (QED) is 0.576. The molecular weight excluding hydrogens is 482 g/mol. The van der Waals surface area contributed by atoms with Crippen molar-refractivity contribution in [2.45, 2.75) is 36.5 Å². The first-order valence-electron chi connectivity index (χ1n) is 9.46. The molecule has 3 aromatic rings. The number of rotatable bonds is 4. The highest BCUT2D eigenvalue weighted by molar-refractivity contribution is 9.10. The molecule has 5 rings (SSSR count). The maximum absolute atomic E-state index is 13.4. The van der Waals surface area contributed by atoms with Crippen LogP contribution >= 0.6 is 15.9 Å². The molecule has 0 radical (unpaired) electrons. The molecular formula is C19H17BrF2N4O3S. The Balaban J connectivity index is 1.42. The van der Waals surface area contributed by atoms with Gasteiger partial charge in [-0.15, -0.1) is 8.78 Å². The molecule has 4 heterocycles. The molecule has 2 aliphatic heterocycles. The highest BCUT2D eigenvalue weighted by atomic mass is 79.9. The summed E-state index contributed by atoms with van der Waals surface area (Å²) in [6.07, 6.45) is 1.49. The highest BCUT2D eigenvalue weighted by Crippen LogP contribution is 2.45. The van der Waals surface area contributed by atoms with E-state index in [-0.39, 0.29) is 27.9 Å². The second-order valence-electron chi connectivity index (χ2n) is 7.13. The van der Waals surface area contributed by atoms with Gasteiger partial charge in [0.25, 0.3) is 0 Å². The minimum atomic E-state index is -3.74. The summed E-state index contributed by atoms with van der Waals surface area (Å²) >= 11 is 3.62. The molecule has 1 N–H and O–H groups in total. The van der Waals surface area contributed by atoms with Crippen LogP contribution in [0, 0.1) is 0 Å². The van der Waals surface area contributed by atoms with Crippen LogP contribution < -0.4 is 14.4 Å². The van der Waals surface area contributed by atoms with Gasteiger partial charge in [-0.05, 0) is 53.4 Å². The van der Waals surface area contributed by atoms with Crippen molar-refractivity contribution in [3.05, 3.63) is 34.6 Å². The van der Waals surface area contributed by atoms with Crippen LogP contribution in [0.3, 0.4) is 0 Å². The van der Waals surface area contributed by atoms with Crippen LogP contribution in [0.1, 0.15) is 25.0 Å². The van der Waals surface area contributed by atoms with Gasteiger partial charge in [0.2, 0.25) is 5.75 Å². The van der Waals surface area contributed by atoms with Crippen LogP contribution in [0.25, 0.3) is 11.0 Å². The number of aromatic amines is 1. The Kier molecular flexibility index (Phi) is 4.89. The van der Waals surface area contributed by atoms with E-state index in [1.54, 1.807) is 6.20 Å². The number of nitrogens with one attached hydrogen (secondary N) is 1. The number of hydrogen-bond acceptors (Lipinski definition) is 6. The second kappa shape index (κ2) is 7.45. The van der Waals surface area contributed by atoms with Gasteiger partial charge in [-0.3, -0.25) is 9.19 Å². The smallest absolute Gasteiger partial charge is 0.395 e. The van der Waals surface area contributed by atoms with Gasteiger partial charge in [-0.1, -0.05) is 0 Å². The van der Waals surface area contributed by atoms with E-state index in [0.717, 1.165) is 36.1 Å². The largest absolute Gasteiger partial charge is 0.586 e. The van der Waals surface area contributed by atoms with E-state index in [9.17, 15) is 13.0 Å². The third kappa shape index (κ3) is 3.53. The molecule has 158 valence electrons. The SMILES string of the molecule is O=S(Cc1nccc(N2CCCCC2)c1Br)c1nc2c3c(ccc2[nH]1)OC(F)(F)O3. The maximum Gasteiger partial charge on any atom is 0.586 e. The summed E-state index contributed by atoms with van der Waals surface area (Å²) in [5.74, 6) is -0.143. The molecule has 0 spiro atoms. The van der Waals surface area contributed by atoms with Crippen molar-refractivity contribution in [3.8, 4) is 11.5 Å². The van der Waals surface area contributed by atoms with Crippen LogP contribution in [-0.2, 0) is 16.6 Å². The fraction of sp³-hybridized carbons (Fsp3) is 0.368. The van der Waals surface area contributed by atoms with Crippen molar-refractivity contribution in [1.82, 2.24) is 15.0 Å². The van der Waals surface area contributed by atoms with Crippen LogP contribution in [-0.4, -0.2) is 38.5 Å². The van der Waals surface area contributed by atoms with Crippen molar-refractivity contribution in [1.29, 1.82) is 0 Å². The molecule has 1 fully saturated rings. The van der Waals surface area contributed by atoms with E-state index in [4.69, 9.17) is 0 Å². The number of halogens is 3. The predicted molar refractivity (Wildman–Crippen MR) is 110 cm³/mol. The molecule has 1 saturated heterocycles. The molecule has 1 unspecified atom stereocenters. The number of alkyl halides is 2. The minimum absolute atomic E-state index is 0.102. The first-order valence-corrected chi connectivity index (χ1v) is 11.6. The molecule has 11 heteroatoms. The minimum Gasteiger partial charge on any atom is -0.395 e. The number of H-pyrrole nitrogens is 1. The first-order chi connectivity index (χ1) is 14.4. The molecule has 2 aromatic heterocycles. The Bertz CT molecular complexity index is 1150. The summed E-state index contributed by atoms with van der Waals surface area (Å²) in [6.45, 7) is 1.96. The van der Waals surface area contributed by atoms with Crippen LogP contribution in [0.4, 0.5) is 14.5 Å². The fourth-order valence-corrected chi connectivity index (χ4v) is 5.54. The summed E-state index contributed by atoms with van der Waals surface area (Å²) < 4.78 is 49.6. The van der Waals surface area contributed by atoms with E-state index in [2.05, 4.69) is 45.3 Å². The van der Waals surface area contributed by atoms with E-state index >= 15 is 0 Å². The third-order valence-corrected chi connectivity index (χ3v) is 7.15. The standard InChI is InChI=1S/C19H17BrF2N4O3S/c20-15-12(23-7-6-13(15)26-8-2-1-3-9-26)10-30(27)18-24-11-4-5-14-17(16(11)25-18)29-19(21,22)28-14/h4-7H,1-3,8-10H2,(H,24,25). The Morgan fingerprint density at radius 1 is 1.20 bits per heavy atom. The summed E-state index contributed by atoms with van der Waals surface area (Å²) in [4.78, 5) is 13.8. The first kappa shape index (κ1) is 19.7. The van der Waals surface area contributed by atoms with E-state index in [1.807, 2.05) is 6.07 Å². The molecule has 0 saturated carbocycles. The van der Waals surface area contributed by atoms with Crippen molar-refractivity contribution in [2.75, 3.05) is 18.0 Å². The molecule has 30 heavy (non-hydrogen) atoms. The number of fused-ring (bicyclic) bond motifs is 3. The normalized spacial score (nSPS) is 18.7. The molecule has 7 nitrogen and oxygen atoms in total. The number of aromatic nitrogens is 3. The van der Waals surface area contributed by atoms with Crippen molar-refractivity contribution in [2.24, 2.45) is 0 Å². The van der Waals surface area contributed by atoms with Gasteiger partial charge in [0, 0.05) is 19.3 Å². The Hall–Kier alpha value is -2.27. The van der Waals surface area contributed by atoms with E-state index in [1.165, 1.54) is 18.6 Å². The Labute approximate surface area is 181 Å². The second-order valence-corrected chi connectivity index (χ2v) is 9.29.